The van der Waals surface area contributed by atoms with Gasteiger partial charge in [-0.3, -0.25) is 14.5 Å². The van der Waals surface area contributed by atoms with Crippen LogP contribution >= 0.6 is 0 Å². The molecule has 0 aliphatic heterocycles. The molecule has 0 radical (unpaired) electrons. The quantitative estimate of drug-likeness (QED) is 0.731. The minimum atomic E-state index is -3.73. The van der Waals surface area contributed by atoms with E-state index in [2.05, 4.69) is 20.0 Å². The molecule has 2 rings (SSSR count). The first kappa shape index (κ1) is 13.6. The van der Waals surface area contributed by atoms with Gasteiger partial charge in [0.25, 0.3) is 10.0 Å². The van der Waals surface area contributed by atoms with Crippen LogP contribution in [0.2, 0.25) is 0 Å². The van der Waals surface area contributed by atoms with Gasteiger partial charge >= 0.3 is 0 Å². The average Bonchev–Trinajstić information content (AvgIpc) is 2.82. The molecule has 0 spiro atoms. The van der Waals surface area contributed by atoms with Gasteiger partial charge in [0.1, 0.15) is 4.90 Å². The van der Waals surface area contributed by atoms with Crippen molar-refractivity contribution in [1.29, 1.82) is 0 Å². The van der Waals surface area contributed by atoms with Crippen LogP contribution in [0.5, 0.6) is 0 Å². The number of aromatic nitrogens is 4. The number of hydrogen-bond donors (Lipinski definition) is 3. The number of nitrogens with zero attached hydrogens (tertiary/aromatic N) is 3. The lowest BCUT2D eigenvalue weighted by molar-refractivity contribution is 0.599. The number of nitrogens with two attached hydrogens (primary N) is 1. The molecule has 0 atom stereocenters. The van der Waals surface area contributed by atoms with Gasteiger partial charge in [0, 0.05) is 19.8 Å². The van der Waals surface area contributed by atoms with Crippen molar-refractivity contribution in [3.05, 3.63) is 23.3 Å². The number of sulfonamides is 1. The van der Waals surface area contributed by atoms with E-state index in [9.17, 15) is 8.42 Å². The molecule has 0 saturated carbocycles. The lowest BCUT2D eigenvalue weighted by Gasteiger charge is -2.07. The number of aryl methyl sites for hydroxylation is 3. The summed E-state index contributed by atoms with van der Waals surface area (Å²) in [5.41, 5.74) is 7.30. The van der Waals surface area contributed by atoms with Gasteiger partial charge < -0.3 is 5.73 Å². The number of anilines is 1. The van der Waals surface area contributed by atoms with Crippen LogP contribution in [0.1, 0.15) is 17.1 Å². The van der Waals surface area contributed by atoms with Crippen LogP contribution in [0.4, 0.5) is 5.69 Å². The minimum absolute atomic E-state index is 0.0482. The van der Waals surface area contributed by atoms with Crippen LogP contribution in [0.3, 0.4) is 0 Å². The highest BCUT2D eigenvalue weighted by Gasteiger charge is 2.24. The molecule has 0 unspecified atom stereocenters. The summed E-state index contributed by atoms with van der Waals surface area (Å²) < 4.78 is 28.8. The minimum Gasteiger partial charge on any atom is -0.325 e. The predicted octanol–water partition coefficient (Wildman–Crippen LogP) is 0.0195. The van der Waals surface area contributed by atoms with Crippen LogP contribution in [0, 0.1) is 13.8 Å². The van der Waals surface area contributed by atoms with Crippen molar-refractivity contribution in [1.82, 2.24) is 20.0 Å². The van der Waals surface area contributed by atoms with Crippen LogP contribution in [0.15, 0.2) is 11.1 Å². The zero-order valence-corrected chi connectivity index (χ0v) is 11.7. The Kier molecular flexibility index (Phi) is 3.33. The van der Waals surface area contributed by atoms with Crippen LogP contribution in [-0.4, -0.2) is 28.4 Å². The standard InChI is InChI=1S/C10H16N6O2S/c1-6-9(5-16(3)14-6)15-19(17,18)10-7(2)12-13-8(10)4-11/h5,15H,4,11H2,1-3H3,(H,12,13). The molecule has 0 aliphatic carbocycles. The number of aromatic amines is 1. The summed E-state index contributed by atoms with van der Waals surface area (Å²) in [6, 6.07) is 0. The van der Waals surface area contributed by atoms with Crippen LogP contribution < -0.4 is 10.5 Å². The Morgan fingerprint density at radius 1 is 1.47 bits per heavy atom. The van der Waals surface area contributed by atoms with Gasteiger partial charge in [-0.2, -0.15) is 10.2 Å². The summed E-state index contributed by atoms with van der Waals surface area (Å²) in [5.74, 6) is 0. The normalized spacial score (nSPS) is 11.8. The lowest BCUT2D eigenvalue weighted by atomic mass is 10.4. The third-order valence-corrected chi connectivity index (χ3v) is 4.25. The zero-order valence-electron chi connectivity index (χ0n) is 10.9. The highest BCUT2D eigenvalue weighted by Crippen LogP contribution is 2.22. The van der Waals surface area contributed by atoms with Crippen molar-refractivity contribution in [2.24, 2.45) is 12.8 Å². The molecule has 0 bridgehead atoms. The third-order valence-electron chi connectivity index (χ3n) is 2.68. The van der Waals surface area contributed by atoms with Crippen LogP contribution in [-0.2, 0) is 23.6 Å². The monoisotopic (exact) mass is 284 g/mol. The van der Waals surface area contributed by atoms with Gasteiger partial charge in [0.15, 0.2) is 0 Å². The first-order valence-electron chi connectivity index (χ1n) is 5.62. The van der Waals surface area contributed by atoms with E-state index < -0.39 is 10.0 Å². The molecule has 0 fully saturated rings. The smallest absolute Gasteiger partial charge is 0.265 e. The first-order chi connectivity index (χ1) is 8.85. The summed E-state index contributed by atoms with van der Waals surface area (Å²) in [7, 11) is -2.01. The molecule has 19 heavy (non-hydrogen) atoms. The van der Waals surface area contributed by atoms with E-state index in [1.165, 1.54) is 0 Å². The molecule has 8 nitrogen and oxygen atoms in total. The van der Waals surface area contributed by atoms with Gasteiger partial charge in [0.05, 0.1) is 22.8 Å². The summed E-state index contributed by atoms with van der Waals surface area (Å²) in [4.78, 5) is 0.0956. The van der Waals surface area contributed by atoms with E-state index in [1.54, 1.807) is 31.8 Å². The largest absolute Gasteiger partial charge is 0.325 e. The second-order valence-corrected chi connectivity index (χ2v) is 5.86. The summed E-state index contributed by atoms with van der Waals surface area (Å²) in [6.45, 7) is 3.41. The number of H-pyrrole nitrogens is 1. The van der Waals surface area contributed by atoms with Crippen molar-refractivity contribution in [3.8, 4) is 0 Å². The Balaban J connectivity index is 2.43. The molecule has 9 heteroatoms. The van der Waals surface area contributed by atoms with Crippen molar-refractivity contribution < 1.29 is 8.42 Å². The van der Waals surface area contributed by atoms with E-state index in [1.807, 2.05) is 0 Å². The van der Waals surface area contributed by atoms with E-state index in [0.29, 0.717) is 22.8 Å². The van der Waals surface area contributed by atoms with E-state index in [4.69, 9.17) is 5.73 Å². The molecule has 0 aliphatic rings. The molecule has 104 valence electrons. The maximum atomic E-state index is 12.4. The second-order valence-electron chi connectivity index (χ2n) is 4.24. The van der Waals surface area contributed by atoms with Crippen molar-refractivity contribution in [3.63, 3.8) is 0 Å². The Morgan fingerprint density at radius 2 is 2.16 bits per heavy atom. The van der Waals surface area contributed by atoms with Crippen LogP contribution in [0.25, 0.3) is 0 Å². The predicted molar refractivity (Wildman–Crippen MR) is 70.0 cm³/mol. The van der Waals surface area contributed by atoms with Crippen molar-refractivity contribution in [2.45, 2.75) is 25.3 Å². The fourth-order valence-corrected chi connectivity index (χ4v) is 3.34. The molecule has 0 saturated heterocycles. The molecule has 0 amide bonds. The zero-order chi connectivity index (χ0) is 14.2. The average molecular weight is 284 g/mol. The summed E-state index contributed by atoms with van der Waals surface area (Å²) in [6.07, 6.45) is 1.60. The maximum absolute atomic E-state index is 12.4. The van der Waals surface area contributed by atoms with Gasteiger partial charge in [-0.15, -0.1) is 0 Å². The lowest BCUT2D eigenvalue weighted by Crippen LogP contribution is -2.16. The van der Waals surface area contributed by atoms with Gasteiger partial charge in [-0.1, -0.05) is 0 Å². The van der Waals surface area contributed by atoms with E-state index >= 15 is 0 Å². The van der Waals surface area contributed by atoms with Gasteiger partial charge in [-0.05, 0) is 13.8 Å². The van der Waals surface area contributed by atoms with E-state index in [0.717, 1.165) is 0 Å². The number of rotatable bonds is 4. The molecule has 2 aromatic heterocycles. The summed E-state index contributed by atoms with van der Waals surface area (Å²) >= 11 is 0. The Labute approximate surface area is 111 Å². The van der Waals surface area contributed by atoms with Gasteiger partial charge in [-0.25, -0.2) is 8.42 Å². The SMILES string of the molecule is Cc1nn(C)cc1NS(=O)(=O)c1c(CN)n[nH]c1C. The molecule has 0 aromatic carbocycles. The Morgan fingerprint density at radius 3 is 2.68 bits per heavy atom. The molecular weight excluding hydrogens is 268 g/mol. The summed E-state index contributed by atoms with van der Waals surface area (Å²) in [5, 5.41) is 10.6. The molecule has 2 heterocycles. The highest BCUT2D eigenvalue weighted by atomic mass is 32.2. The third kappa shape index (κ3) is 2.47. The maximum Gasteiger partial charge on any atom is 0.265 e. The molecule has 2 aromatic rings. The highest BCUT2D eigenvalue weighted by molar-refractivity contribution is 7.92. The van der Waals surface area contributed by atoms with Crippen molar-refractivity contribution in [2.75, 3.05) is 4.72 Å². The van der Waals surface area contributed by atoms with Crippen molar-refractivity contribution >= 4 is 15.7 Å². The fourth-order valence-electron chi connectivity index (χ4n) is 1.86. The van der Waals surface area contributed by atoms with Gasteiger partial charge in [0.2, 0.25) is 0 Å². The van der Waals surface area contributed by atoms with E-state index in [-0.39, 0.29) is 11.4 Å². The second kappa shape index (κ2) is 4.67. The fraction of sp³-hybridized carbons (Fsp3) is 0.400. The number of hydrogen-bond acceptors (Lipinski definition) is 5. The molecule has 4 N–H and O–H groups in total. The first-order valence-corrected chi connectivity index (χ1v) is 7.10. The molecular formula is C10H16N6O2S. The Bertz CT molecular complexity index is 700. The number of nitrogens with one attached hydrogen (secondary N) is 2. The topological polar surface area (TPSA) is 119 Å². The Hall–Kier alpha value is -1.87.